The van der Waals surface area contributed by atoms with Gasteiger partial charge in [-0.15, -0.1) is 23.7 Å². The Morgan fingerprint density at radius 2 is 2.24 bits per heavy atom. The van der Waals surface area contributed by atoms with Crippen LogP contribution >= 0.6 is 23.7 Å². The number of carbonyl (C=O) groups is 1. The molecular formula is C18H32ClN3O2S. The van der Waals surface area contributed by atoms with Crippen molar-refractivity contribution in [1.82, 2.24) is 10.3 Å². The zero-order valence-electron chi connectivity index (χ0n) is 15.5. The predicted octanol–water partition coefficient (Wildman–Crippen LogP) is 3.27. The molecule has 0 aromatic carbocycles. The Balaban J connectivity index is 0.00000312. The number of rotatable bonds is 8. The van der Waals surface area contributed by atoms with Crippen LogP contribution in [0.3, 0.4) is 0 Å². The first kappa shape index (κ1) is 22.4. The Labute approximate surface area is 161 Å². The second-order valence-corrected chi connectivity index (χ2v) is 7.85. The first-order valence-electron chi connectivity index (χ1n) is 9.10. The molecule has 0 saturated heterocycles. The van der Waals surface area contributed by atoms with Gasteiger partial charge in [0.2, 0.25) is 5.91 Å². The number of ether oxygens (including phenoxy) is 1. The summed E-state index contributed by atoms with van der Waals surface area (Å²) in [5.74, 6) is 0.615. The molecule has 0 radical (unpaired) electrons. The first-order chi connectivity index (χ1) is 11.5. The van der Waals surface area contributed by atoms with Crippen molar-refractivity contribution in [1.29, 1.82) is 0 Å². The van der Waals surface area contributed by atoms with Crippen LogP contribution in [0.4, 0.5) is 0 Å². The smallest absolute Gasteiger partial charge is 0.223 e. The van der Waals surface area contributed by atoms with E-state index in [-0.39, 0.29) is 36.4 Å². The third-order valence-corrected chi connectivity index (χ3v) is 5.69. The van der Waals surface area contributed by atoms with E-state index in [1.54, 1.807) is 11.3 Å². The minimum absolute atomic E-state index is 0. The summed E-state index contributed by atoms with van der Waals surface area (Å²) in [5.41, 5.74) is 7.19. The topological polar surface area (TPSA) is 77.2 Å². The maximum atomic E-state index is 12.4. The minimum atomic E-state index is 0. The molecule has 1 aliphatic carbocycles. The van der Waals surface area contributed by atoms with Crippen molar-refractivity contribution >= 4 is 29.7 Å². The normalized spacial score (nSPS) is 23.3. The summed E-state index contributed by atoms with van der Waals surface area (Å²) in [4.78, 5) is 17.0. The number of nitrogens with zero attached hydrogens (tertiary/aromatic N) is 1. The summed E-state index contributed by atoms with van der Waals surface area (Å²) in [6, 6.07) is 0.0602. The fourth-order valence-corrected chi connectivity index (χ4v) is 3.88. The van der Waals surface area contributed by atoms with Crippen molar-refractivity contribution in [2.24, 2.45) is 11.7 Å². The van der Waals surface area contributed by atoms with Gasteiger partial charge in [-0.05, 0) is 25.7 Å². The molecule has 0 spiro atoms. The van der Waals surface area contributed by atoms with Crippen molar-refractivity contribution in [3.05, 3.63) is 16.1 Å². The lowest BCUT2D eigenvalue weighted by atomic mass is 9.83. The van der Waals surface area contributed by atoms with Crippen molar-refractivity contribution < 1.29 is 9.53 Å². The first-order valence-corrected chi connectivity index (χ1v) is 9.98. The lowest BCUT2D eigenvalue weighted by Crippen LogP contribution is -2.46. The van der Waals surface area contributed by atoms with Crippen LogP contribution in [-0.4, -0.2) is 36.2 Å². The molecule has 3 N–H and O–H groups in total. The molecule has 1 saturated carbocycles. The second kappa shape index (κ2) is 11.1. The third kappa shape index (κ3) is 6.85. The van der Waals surface area contributed by atoms with E-state index in [1.165, 1.54) is 0 Å². The van der Waals surface area contributed by atoms with Gasteiger partial charge in [-0.2, -0.15) is 0 Å². The molecule has 144 valence electrons. The average molecular weight is 390 g/mol. The number of carbonyl (C=O) groups excluding carboxylic acids is 1. The molecule has 1 amide bonds. The van der Waals surface area contributed by atoms with Gasteiger partial charge >= 0.3 is 0 Å². The van der Waals surface area contributed by atoms with Crippen molar-refractivity contribution in [2.75, 3.05) is 13.2 Å². The second-order valence-electron chi connectivity index (χ2n) is 6.96. The Kier molecular flexibility index (Phi) is 9.94. The maximum absolute atomic E-state index is 12.4. The van der Waals surface area contributed by atoms with Crippen molar-refractivity contribution in [3.8, 4) is 0 Å². The Morgan fingerprint density at radius 1 is 1.48 bits per heavy atom. The van der Waals surface area contributed by atoms with E-state index >= 15 is 0 Å². The van der Waals surface area contributed by atoms with Crippen LogP contribution in [0.15, 0.2) is 5.38 Å². The highest BCUT2D eigenvalue weighted by Crippen LogP contribution is 2.26. The summed E-state index contributed by atoms with van der Waals surface area (Å²) >= 11 is 1.70. The molecule has 0 unspecified atom stereocenters. The number of thiazole rings is 1. The van der Waals surface area contributed by atoms with Crippen LogP contribution in [0.2, 0.25) is 0 Å². The van der Waals surface area contributed by atoms with Gasteiger partial charge in [0.1, 0.15) is 0 Å². The summed E-state index contributed by atoms with van der Waals surface area (Å²) in [6.45, 7) is 7.74. The van der Waals surface area contributed by atoms with Gasteiger partial charge in [0.15, 0.2) is 0 Å². The average Bonchev–Trinajstić information content (AvgIpc) is 3.03. The molecule has 7 heteroatoms. The Hall–Kier alpha value is -0.690. The fourth-order valence-electron chi connectivity index (χ4n) is 3.01. The lowest BCUT2D eigenvalue weighted by Gasteiger charge is -2.33. The highest BCUT2D eigenvalue weighted by atomic mass is 35.5. The van der Waals surface area contributed by atoms with E-state index in [4.69, 9.17) is 10.5 Å². The molecule has 0 bridgehead atoms. The zero-order chi connectivity index (χ0) is 17.5. The molecule has 1 aliphatic rings. The molecule has 0 aliphatic heterocycles. The van der Waals surface area contributed by atoms with Crippen molar-refractivity contribution in [3.63, 3.8) is 0 Å². The fraction of sp³-hybridized carbons (Fsp3) is 0.778. The van der Waals surface area contributed by atoms with Crippen LogP contribution in [-0.2, 0) is 16.0 Å². The van der Waals surface area contributed by atoms with Gasteiger partial charge < -0.3 is 15.8 Å². The lowest BCUT2D eigenvalue weighted by molar-refractivity contribution is -0.128. The predicted molar refractivity (Wildman–Crippen MR) is 106 cm³/mol. The summed E-state index contributed by atoms with van der Waals surface area (Å²) in [6.07, 6.45) is 4.23. The van der Waals surface area contributed by atoms with E-state index in [9.17, 15) is 4.79 Å². The van der Waals surface area contributed by atoms with Gasteiger partial charge in [-0.25, -0.2) is 4.98 Å². The number of amides is 1. The highest BCUT2D eigenvalue weighted by molar-refractivity contribution is 7.09. The SMILES string of the molecule is CCCO[C@H]1C[C@@H](C(=O)NCCc2csc(C(C)C)n2)CC[C@@H]1N.Cl. The Bertz CT molecular complexity index is 524. The number of nitrogens with one attached hydrogen (secondary N) is 1. The molecule has 1 fully saturated rings. The van der Waals surface area contributed by atoms with Gasteiger partial charge in [0.05, 0.1) is 16.8 Å². The quantitative estimate of drug-likeness (QED) is 0.715. The zero-order valence-corrected chi connectivity index (χ0v) is 17.1. The number of halogens is 1. The largest absolute Gasteiger partial charge is 0.377 e. The third-order valence-electron chi connectivity index (χ3n) is 4.49. The van der Waals surface area contributed by atoms with Gasteiger partial charge in [-0.3, -0.25) is 4.79 Å². The minimum Gasteiger partial charge on any atom is -0.377 e. The van der Waals surface area contributed by atoms with Crippen molar-refractivity contribution in [2.45, 2.75) is 70.9 Å². The van der Waals surface area contributed by atoms with Crippen LogP contribution in [0, 0.1) is 5.92 Å². The van der Waals surface area contributed by atoms with Crippen LogP contribution in [0.5, 0.6) is 0 Å². The number of hydrogen-bond donors (Lipinski definition) is 2. The number of nitrogens with two attached hydrogens (primary N) is 1. The summed E-state index contributed by atoms with van der Waals surface area (Å²) in [5, 5.41) is 6.31. The summed E-state index contributed by atoms with van der Waals surface area (Å²) < 4.78 is 5.81. The van der Waals surface area contributed by atoms with Gasteiger partial charge in [0.25, 0.3) is 0 Å². The molecule has 3 atom stereocenters. The standard InChI is InChI=1S/C18H31N3O2S.ClH/c1-4-9-23-16-10-13(5-6-15(16)19)17(22)20-8-7-14-11-24-18(21-14)12(2)3;/h11-13,15-16H,4-10,19H2,1-3H3,(H,20,22);1H/t13-,15-,16-;/m0./s1. The van der Waals surface area contributed by atoms with E-state index in [1.807, 2.05) is 0 Å². The van der Waals surface area contributed by atoms with Gasteiger partial charge in [-0.1, -0.05) is 20.8 Å². The summed E-state index contributed by atoms with van der Waals surface area (Å²) in [7, 11) is 0. The number of aromatic nitrogens is 1. The van der Waals surface area contributed by atoms with E-state index in [0.717, 1.165) is 42.8 Å². The van der Waals surface area contributed by atoms with Crippen LogP contribution < -0.4 is 11.1 Å². The Morgan fingerprint density at radius 3 is 2.88 bits per heavy atom. The van der Waals surface area contributed by atoms with Gasteiger partial charge in [0, 0.05) is 42.8 Å². The molecule has 1 aromatic rings. The highest BCUT2D eigenvalue weighted by Gasteiger charge is 2.32. The molecule has 5 nitrogen and oxygen atoms in total. The van der Waals surface area contributed by atoms with Crippen LogP contribution in [0.25, 0.3) is 0 Å². The molecule has 1 aromatic heterocycles. The molecule has 1 heterocycles. The van der Waals surface area contributed by atoms with E-state index in [0.29, 0.717) is 19.1 Å². The van der Waals surface area contributed by atoms with Crippen LogP contribution in [0.1, 0.15) is 63.1 Å². The number of hydrogen-bond acceptors (Lipinski definition) is 5. The maximum Gasteiger partial charge on any atom is 0.223 e. The van der Waals surface area contributed by atoms with E-state index in [2.05, 4.69) is 36.5 Å². The molecule has 2 rings (SSSR count). The van der Waals surface area contributed by atoms with E-state index < -0.39 is 0 Å². The molecular weight excluding hydrogens is 358 g/mol. The monoisotopic (exact) mass is 389 g/mol. The molecule has 25 heavy (non-hydrogen) atoms.